The molecular weight excluding hydrogens is 637 g/mol. The molecule has 2 aliphatic heterocycles. The van der Waals surface area contributed by atoms with Gasteiger partial charge in [-0.2, -0.15) is 29.1 Å². The Hall–Kier alpha value is -3.62. The van der Waals surface area contributed by atoms with Crippen LogP contribution in [0.1, 0.15) is 19.4 Å². The second-order valence-electron chi connectivity index (χ2n) is 10.8. The molecule has 9 nitrogen and oxygen atoms in total. The van der Waals surface area contributed by atoms with Crippen LogP contribution in [-0.2, 0) is 17.5 Å². The van der Waals surface area contributed by atoms with Crippen molar-refractivity contribution >= 4 is 56.5 Å². The van der Waals surface area contributed by atoms with Crippen molar-refractivity contribution in [2.45, 2.75) is 53.9 Å². The minimum absolute atomic E-state index is 0.0333. The fourth-order valence-electron chi connectivity index (χ4n) is 5.98. The monoisotopic (exact) mass is 664 g/mol. The maximum Gasteiger partial charge on any atom is 0.416 e. The van der Waals surface area contributed by atoms with Crippen molar-refractivity contribution in [3.8, 4) is 6.01 Å². The third-order valence-electron chi connectivity index (χ3n) is 7.71. The molecule has 0 N–H and O–H groups in total. The van der Waals surface area contributed by atoms with Crippen LogP contribution in [0.25, 0.3) is 10.9 Å². The van der Waals surface area contributed by atoms with Gasteiger partial charge in [0.1, 0.15) is 11.9 Å². The minimum Gasteiger partial charge on any atom is -0.457 e. The van der Waals surface area contributed by atoms with Gasteiger partial charge in [0.05, 0.1) is 22.6 Å². The molecule has 1 saturated heterocycles. The number of carbonyl (C=O) groups excluding carboxylic acids is 1. The summed E-state index contributed by atoms with van der Waals surface area (Å²) in [5.74, 6) is 0.218. The van der Waals surface area contributed by atoms with E-state index in [1.165, 1.54) is 34.4 Å². The van der Waals surface area contributed by atoms with E-state index in [-0.39, 0.29) is 54.8 Å². The number of anilines is 1. The van der Waals surface area contributed by atoms with Gasteiger partial charge in [-0.3, -0.25) is 9.36 Å². The molecule has 4 aromatic rings. The molecular formula is C29H28ClF3N6O3S2. The van der Waals surface area contributed by atoms with Crippen LogP contribution in [0.3, 0.4) is 0 Å². The molecule has 0 aliphatic carbocycles. The van der Waals surface area contributed by atoms with Gasteiger partial charge in [-0.1, -0.05) is 18.2 Å². The predicted octanol–water partition coefficient (Wildman–Crippen LogP) is 5.41. The molecule has 1 amide bonds. The molecule has 232 valence electrons. The van der Waals surface area contributed by atoms with Crippen molar-refractivity contribution in [3.63, 3.8) is 0 Å². The normalized spacial score (nSPS) is 23.0. The minimum atomic E-state index is -4.66. The standard InChI is InChI=1S/C29H28ClF3N6O3S2/c1-4-23(40)39-16(2)11-37(12-17(39)3)26-21-8-18(29(31,32)33)9-22-25(21)38(28(41)36-26)13-20(42-27-34-6-5-7-35-27)15-44(22)24-10-19(30)14-43-24/h4-10,14,16-17,20,44H,1,11-13,15H2,2-3H3/t16-,17+,20-/m0/s1. The van der Waals surface area contributed by atoms with E-state index in [1.54, 1.807) is 27.3 Å². The van der Waals surface area contributed by atoms with Crippen molar-refractivity contribution in [1.29, 1.82) is 0 Å². The van der Waals surface area contributed by atoms with Crippen LogP contribution in [0.15, 0.2) is 68.6 Å². The summed E-state index contributed by atoms with van der Waals surface area (Å²) in [5, 5.41) is 2.43. The van der Waals surface area contributed by atoms with Gasteiger partial charge in [0, 0.05) is 63.2 Å². The van der Waals surface area contributed by atoms with Gasteiger partial charge in [0.15, 0.2) is 0 Å². The first-order valence-electron chi connectivity index (χ1n) is 13.7. The largest absolute Gasteiger partial charge is 0.457 e. The number of hydrogen-bond acceptors (Lipinski definition) is 8. The van der Waals surface area contributed by atoms with Crippen LogP contribution >= 0.6 is 33.8 Å². The fraction of sp³-hybridized carbons (Fsp3) is 0.345. The zero-order valence-electron chi connectivity index (χ0n) is 23.7. The Bertz CT molecular complexity index is 1790. The molecule has 0 saturated carbocycles. The lowest BCUT2D eigenvalue weighted by Gasteiger charge is -2.44. The first kappa shape index (κ1) is 30.4. The van der Waals surface area contributed by atoms with Gasteiger partial charge < -0.3 is 14.5 Å². The Morgan fingerprint density at radius 3 is 2.48 bits per heavy atom. The topological polar surface area (TPSA) is 93.5 Å². The lowest BCUT2D eigenvalue weighted by atomic mass is 10.1. The number of halogens is 4. The zero-order valence-corrected chi connectivity index (χ0v) is 26.1. The van der Waals surface area contributed by atoms with Crippen LogP contribution in [0.5, 0.6) is 6.01 Å². The highest BCUT2D eigenvalue weighted by molar-refractivity contribution is 8.18. The molecule has 0 spiro atoms. The molecule has 0 bridgehead atoms. The number of aromatic nitrogens is 4. The SMILES string of the molecule is C=CC(=O)N1[C@H](C)CN(c2nc(=O)n3c4c(cc(C(F)(F)F)cc24)[SH](c2cc(Cl)cs2)C[C@@H](Oc2ncccn2)C3)C[C@@H]1C. The lowest BCUT2D eigenvalue weighted by molar-refractivity contribution is -0.137. The number of alkyl halides is 3. The molecule has 44 heavy (non-hydrogen) atoms. The van der Waals surface area contributed by atoms with E-state index in [0.29, 0.717) is 21.2 Å². The van der Waals surface area contributed by atoms with Gasteiger partial charge in [0.25, 0.3) is 0 Å². The van der Waals surface area contributed by atoms with E-state index in [9.17, 15) is 22.8 Å². The van der Waals surface area contributed by atoms with Crippen molar-refractivity contribution in [1.82, 2.24) is 24.4 Å². The molecule has 0 radical (unpaired) electrons. The number of piperazine rings is 1. The molecule has 6 rings (SSSR count). The second-order valence-corrected chi connectivity index (χ2v) is 14.6. The molecule has 1 unspecified atom stereocenters. The van der Waals surface area contributed by atoms with Crippen molar-refractivity contribution in [3.05, 3.63) is 75.8 Å². The maximum atomic E-state index is 14.5. The first-order chi connectivity index (χ1) is 20.9. The molecule has 15 heteroatoms. The van der Waals surface area contributed by atoms with Crippen LogP contribution in [0.4, 0.5) is 19.0 Å². The number of rotatable bonds is 5. The molecule has 2 aliphatic rings. The van der Waals surface area contributed by atoms with Crippen LogP contribution in [0, 0.1) is 0 Å². The highest BCUT2D eigenvalue weighted by atomic mass is 35.5. The van der Waals surface area contributed by atoms with Crippen LogP contribution in [0.2, 0.25) is 5.02 Å². The van der Waals surface area contributed by atoms with Crippen LogP contribution in [-0.4, -0.2) is 67.4 Å². The second kappa shape index (κ2) is 11.7. The quantitative estimate of drug-likeness (QED) is 0.225. The summed E-state index contributed by atoms with van der Waals surface area (Å²) in [6.07, 6.45) is -1.01. The Morgan fingerprint density at radius 1 is 1.16 bits per heavy atom. The smallest absolute Gasteiger partial charge is 0.416 e. The van der Waals surface area contributed by atoms with Gasteiger partial charge in [0.2, 0.25) is 5.91 Å². The molecule has 4 atom stereocenters. The Labute approximate surface area is 262 Å². The highest BCUT2D eigenvalue weighted by Crippen LogP contribution is 2.54. The first-order valence-corrected chi connectivity index (χ1v) is 16.5. The summed E-state index contributed by atoms with van der Waals surface area (Å²) >= 11 is 7.66. The Balaban J connectivity index is 1.57. The van der Waals surface area contributed by atoms with Crippen LogP contribution < -0.4 is 15.3 Å². The summed E-state index contributed by atoms with van der Waals surface area (Å²) in [4.78, 5) is 42.9. The van der Waals surface area contributed by atoms with Crippen molar-refractivity contribution < 1.29 is 22.7 Å². The highest BCUT2D eigenvalue weighted by Gasteiger charge is 2.38. The molecule has 1 fully saturated rings. The third-order valence-corrected chi connectivity index (χ3v) is 12.1. The van der Waals surface area contributed by atoms with Crippen molar-refractivity contribution in [2.24, 2.45) is 0 Å². The number of nitrogens with zero attached hydrogens (tertiary/aromatic N) is 6. The Morgan fingerprint density at radius 2 is 1.86 bits per heavy atom. The Kier molecular flexibility index (Phi) is 8.09. The number of thiol groups is 1. The summed E-state index contributed by atoms with van der Waals surface area (Å²) in [7, 11) is -1.47. The number of benzene rings is 1. The number of hydrogen-bond donors (Lipinski definition) is 1. The summed E-state index contributed by atoms with van der Waals surface area (Å²) in [6.45, 7) is 7.86. The lowest BCUT2D eigenvalue weighted by Crippen LogP contribution is -2.58. The van der Waals surface area contributed by atoms with Gasteiger partial charge in [-0.25, -0.2) is 14.8 Å². The molecule has 1 aromatic carbocycles. The van der Waals surface area contributed by atoms with E-state index in [0.717, 1.165) is 16.3 Å². The predicted molar refractivity (Wildman–Crippen MR) is 165 cm³/mol. The van der Waals surface area contributed by atoms with Gasteiger partial charge >= 0.3 is 17.9 Å². The van der Waals surface area contributed by atoms with E-state index in [2.05, 4.69) is 21.5 Å². The number of ether oxygens (including phenoxy) is 1. The average molecular weight is 665 g/mol. The third kappa shape index (κ3) is 5.66. The number of thiophene rings is 1. The number of amides is 1. The van der Waals surface area contributed by atoms with E-state index in [4.69, 9.17) is 16.3 Å². The summed E-state index contributed by atoms with van der Waals surface area (Å²) in [5.41, 5.74) is -1.06. The van der Waals surface area contributed by atoms with E-state index in [1.807, 2.05) is 13.8 Å². The van der Waals surface area contributed by atoms with Gasteiger partial charge in [-0.05, 0) is 44.2 Å². The zero-order chi connectivity index (χ0) is 31.3. The van der Waals surface area contributed by atoms with Gasteiger partial charge in [-0.15, -0.1) is 11.3 Å². The summed E-state index contributed by atoms with van der Waals surface area (Å²) < 4.78 is 51.8. The average Bonchev–Trinajstić information content (AvgIpc) is 3.34. The maximum absolute atomic E-state index is 14.5. The molecule has 3 aromatic heterocycles. The van der Waals surface area contributed by atoms with E-state index >= 15 is 0 Å². The fourth-order valence-corrected chi connectivity index (χ4v) is 10.3. The molecule has 5 heterocycles. The van der Waals surface area contributed by atoms with E-state index < -0.39 is 34.4 Å². The summed E-state index contributed by atoms with van der Waals surface area (Å²) in [6, 6.07) is 5.11. The number of carbonyl (C=O) groups is 1. The van der Waals surface area contributed by atoms with Crippen molar-refractivity contribution in [2.75, 3.05) is 23.7 Å².